The van der Waals surface area contributed by atoms with Crippen LogP contribution >= 0.6 is 0 Å². The van der Waals surface area contributed by atoms with Crippen LogP contribution in [0.3, 0.4) is 0 Å². The predicted octanol–water partition coefficient (Wildman–Crippen LogP) is 1.91. The maximum absolute atomic E-state index is 13.3. The quantitative estimate of drug-likeness (QED) is 0.732. The Morgan fingerprint density at radius 1 is 1.50 bits per heavy atom. The first kappa shape index (κ1) is 10.4. The van der Waals surface area contributed by atoms with Gasteiger partial charge in [0.1, 0.15) is 12.1 Å². The molecule has 1 aromatic carbocycles. The van der Waals surface area contributed by atoms with E-state index in [0.717, 1.165) is 0 Å². The Morgan fingerprint density at radius 2 is 2.14 bits per heavy atom. The average Bonchev–Trinajstić information content (AvgIpc) is 2.11. The zero-order valence-electron chi connectivity index (χ0n) is 7.93. The van der Waals surface area contributed by atoms with Crippen LogP contribution in [0.4, 0.5) is 10.1 Å². The molecule has 4 heteroatoms. The molecule has 1 aromatic rings. The molecule has 1 N–H and O–H groups in total. The SMILES string of the molecule is CC(=O)Nc1cc(C=O)cc(C)c1F. The van der Waals surface area contributed by atoms with Crippen molar-refractivity contribution >= 4 is 17.9 Å². The van der Waals surface area contributed by atoms with Crippen LogP contribution in [0.2, 0.25) is 0 Å². The molecular weight excluding hydrogens is 185 g/mol. The summed E-state index contributed by atoms with van der Waals surface area (Å²) in [4.78, 5) is 21.2. The number of hydrogen-bond donors (Lipinski definition) is 1. The maximum Gasteiger partial charge on any atom is 0.221 e. The van der Waals surface area contributed by atoms with E-state index in [1.54, 1.807) is 0 Å². The third kappa shape index (κ3) is 2.16. The summed E-state index contributed by atoms with van der Waals surface area (Å²) >= 11 is 0. The van der Waals surface area contributed by atoms with E-state index < -0.39 is 5.82 Å². The van der Waals surface area contributed by atoms with Crippen LogP contribution in [-0.4, -0.2) is 12.2 Å². The summed E-state index contributed by atoms with van der Waals surface area (Å²) in [5.74, 6) is -0.878. The zero-order valence-corrected chi connectivity index (χ0v) is 7.93. The van der Waals surface area contributed by atoms with Crippen molar-refractivity contribution in [3.8, 4) is 0 Å². The largest absolute Gasteiger partial charge is 0.324 e. The molecule has 0 aliphatic carbocycles. The summed E-state index contributed by atoms with van der Waals surface area (Å²) in [5, 5.41) is 2.32. The van der Waals surface area contributed by atoms with Gasteiger partial charge in [0.2, 0.25) is 5.91 Å². The summed E-state index contributed by atoms with van der Waals surface area (Å²) < 4.78 is 13.3. The van der Waals surface area contributed by atoms with E-state index in [1.165, 1.54) is 26.0 Å². The maximum atomic E-state index is 13.3. The van der Waals surface area contributed by atoms with E-state index in [0.29, 0.717) is 17.4 Å². The molecule has 0 aliphatic rings. The van der Waals surface area contributed by atoms with Gasteiger partial charge in [0.15, 0.2) is 0 Å². The number of carbonyl (C=O) groups is 2. The Hall–Kier alpha value is -1.71. The van der Waals surface area contributed by atoms with Crippen molar-refractivity contribution in [1.29, 1.82) is 0 Å². The second-order valence-electron chi connectivity index (χ2n) is 3.00. The molecule has 0 heterocycles. The van der Waals surface area contributed by atoms with Gasteiger partial charge in [-0.2, -0.15) is 0 Å². The van der Waals surface area contributed by atoms with E-state index in [4.69, 9.17) is 0 Å². The molecule has 0 saturated carbocycles. The van der Waals surface area contributed by atoms with Gasteiger partial charge in [-0.25, -0.2) is 4.39 Å². The highest BCUT2D eigenvalue weighted by Crippen LogP contribution is 2.19. The molecule has 3 nitrogen and oxygen atoms in total. The van der Waals surface area contributed by atoms with Crippen molar-refractivity contribution in [1.82, 2.24) is 0 Å². The number of carbonyl (C=O) groups excluding carboxylic acids is 2. The standard InChI is InChI=1S/C10H10FNO2/c1-6-3-8(5-13)4-9(10(6)11)12-7(2)14/h3-5H,1-2H3,(H,12,14). The molecule has 0 fully saturated rings. The van der Waals surface area contributed by atoms with Crippen molar-refractivity contribution in [3.05, 3.63) is 29.1 Å². The second kappa shape index (κ2) is 4.00. The van der Waals surface area contributed by atoms with Crippen molar-refractivity contribution in [2.75, 3.05) is 5.32 Å². The minimum atomic E-state index is -0.509. The van der Waals surface area contributed by atoms with Crippen molar-refractivity contribution in [3.63, 3.8) is 0 Å². The summed E-state index contributed by atoms with van der Waals surface area (Å²) in [5.41, 5.74) is 0.714. The molecule has 0 spiro atoms. The molecule has 0 radical (unpaired) electrons. The molecule has 0 aromatic heterocycles. The van der Waals surface area contributed by atoms with E-state index in [-0.39, 0.29) is 11.6 Å². The van der Waals surface area contributed by atoms with Crippen LogP contribution < -0.4 is 5.32 Å². The van der Waals surface area contributed by atoms with Gasteiger partial charge in [-0.1, -0.05) is 0 Å². The van der Waals surface area contributed by atoms with Gasteiger partial charge in [0.05, 0.1) is 5.69 Å². The summed E-state index contributed by atoms with van der Waals surface area (Å²) in [6, 6.07) is 2.73. The topological polar surface area (TPSA) is 46.2 Å². The molecule has 1 rings (SSSR count). The van der Waals surface area contributed by atoms with Gasteiger partial charge >= 0.3 is 0 Å². The monoisotopic (exact) mass is 195 g/mol. The molecule has 1 amide bonds. The van der Waals surface area contributed by atoms with Crippen molar-refractivity contribution in [2.45, 2.75) is 13.8 Å². The van der Waals surface area contributed by atoms with E-state index in [2.05, 4.69) is 5.32 Å². The van der Waals surface area contributed by atoms with E-state index in [1.807, 2.05) is 0 Å². The minimum absolute atomic E-state index is 0.0413. The summed E-state index contributed by atoms with van der Waals surface area (Å²) in [6.07, 6.45) is 0.609. The number of anilines is 1. The molecule has 0 atom stereocenters. The van der Waals surface area contributed by atoms with Gasteiger partial charge in [0, 0.05) is 12.5 Å². The Balaban J connectivity index is 3.19. The molecule has 0 bridgehead atoms. The third-order valence-corrected chi connectivity index (χ3v) is 1.72. The Bertz CT molecular complexity index is 388. The van der Waals surface area contributed by atoms with Gasteiger partial charge < -0.3 is 5.32 Å². The lowest BCUT2D eigenvalue weighted by Crippen LogP contribution is -2.08. The number of aldehydes is 1. The molecule has 74 valence electrons. The fraction of sp³-hybridized carbons (Fsp3) is 0.200. The number of rotatable bonds is 2. The lowest BCUT2D eigenvalue weighted by molar-refractivity contribution is -0.114. The van der Waals surface area contributed by atoms with Crippen LogP contribution in [-0.2, 0) is 4.79 Å². The first-order valence-corrected chi connectivity index (χ1v) is 4.07. The van der Waals surface area contributed by atoms with Crippen LogP contribution in [0.15, 0.2) is 12.1 Å². The van der Waals surface area contributed by atoms with Crippen molar-refractivity contribution in [2.24, 2.45) is 0 Å². The normalized spacial score (nSPS) is 9.64. The summed E-state index contributed by atoms with van der Waals surface area (Å²) in [6.45, 7) is 2.82. The highest BCUT2D eigenvalue weighted by Gasteiger charge is 2.08. The Morgan fingerprint density at radius 3 is 2.64 bits per heavy atom. The Kier molecular flexibility index (Phi) is 2.96. The van der Waals surface area contributed by atoms with E-state index >= 15 is 0 Å². The molecule has 0 unspecified atom stereocenters. The second-order valence-corrected chi connectivity index (χ2v) is 3.00. The van der Waals surface area contributed by atoms with Gasteiger partial charge in [-0.3, -0.25) is 9.59 Å². The predicted molar refractivity (Wildman–Crippen MR) is 50.8 cm³/mol. The van der Waals surface area contributed by atoms with E-state index in [9.17, 15) is 14.0 Å². The molecule has 0 saturated heterocycles. The highest BCUT2D eigenvalue weighted by molar-refractivity contribution is 5.90. The van der Waals surface area contributed by atoms with Crippen LogP contribution in [0, 0.1) is 12.7 Å². The number of benzene rings is 1. The number of halogens is 1. The lowest BCUT2D eigenvalue weighted by atomic mass is 10.1. The number of aryl methyl sites for hydroxylation is 1. The fourth-order valence-corrected chi connectivity index (χ4v) is 1.15. The number of nitrogens with one attached hydrogen (secondary N) is 1. The summed E-state index contributed by atoms with van der Waals surface area (Å²) in [7, 11) is 0. The fourth-order valence-electron chi connectivity index (χ4n) is 1.15. The molecular formula is C10H10FNO2. The van der Waals surface area contributed by atoms with Crippen LogP contribution in [0.5, 0.6) is 0 Å². The average molecular weight is 195 g/mol. The van der Waals surface area contributed by atoms with Gasteiger partial charge in [-0.15, -0.1) is 0 Å². The Labute approximate surface area is 80.9 Å². The first-order chi connectivity index (χ1) is 6.54. The zero-order chi connectivity index (χ0) is 10.7. The number of amides is 1. The lowest BCUT2D eigenvalue weighted by Gasteiger charge is -2.06. The minimum Gasteiger partial charge on any atom is -0.324 e. The van der Waals surface area contributed by atoms with Gasteiger partial charge in [-0.05, 0) is 24.6 Å². The molecule has 0 aliphatic heterocycles. The van der Waals surface area contributed by atoms with Crippen molar-refractivity contribution < 1.29 is 14.0 Å². The van der Waals surface area contributed by atoms with Crippen LogP contribution in [0.1, 0.15) is 22.8 Å². The first-order valence-electron chi connectivity index (χ1n) is 4.07. The van der Waals surface area contributed by atoms with Gasteiger partial charge in [0.25, 0.3) is 0 Å². The smallest absolute Gasteiger partial charge is 0.221 e. The van der Waals surface area contributed by atoms with Crippen LogP contribution in [0.25, 0.3) is 0 Å². The number of hydrogen-bond acceptors (Lipinski definition) is 2. The molecule has 14 heavy (non-hydrogen) atoms. The third-order valence-electron chi connectivity index (χ3n) is 1.72. The highest BCUT2D eigenvalue weighted by atomic mass is 19.1.